The topological polar surface area (TPSA) is 47.3 Å². The molecule has 1 saturated heterocycles. The minimum absolute atomic E-state index is 0.209. The molecule has 1 aliphatic rings. The van der Waals surface area contributed by atoms with Gasteiger partial charge in [0.25, 0.3) is 0 Å². The van der Waals surface area contributed by atoms with Crippen molar-refractivity contribution in [2.24, 2.45) is 17.1 Å². The molecule has 0 aromatic heterocycles. The maximum atomic E-state index is 5.69. The van der Waals surface area contributed by atoms with Gasteiger partial charge in [-0.05, 0) is 30.7 Å². The normalized spacial score (nSPS) is 27.2. The maximum absolute atomic E-state index is 5.69. The first-order chi connectivity index (χ1) is 7.09. The molecule has 1 heterocycles. The summed E-state index contributed by atoms with van der Waals surface area (Å²) >= 11 is 0. The lowest BCUT2D eigenvalue weighted by Crippen LogP contribution is -2.38. The minimum atomic E-state index is 0.209. The summed E-state index contributed by atoms with van der Waals surface area (Å²) < 4.78 is 5.66. The molecule has 15 heavy (non-hydrogen) atoms. The van der Waals surface area contributed by atoms with Crippen molar-refractivity contribution in [3.05, 3.63) is 0 Å². The van der Waals surface area contributed by atoms with Gasteiger partial charge >= 0.3 is 0 Å². The molecule has 0 aromatic carbocycles. The number of nitrogens with two attached hydrogens (primary N) is 1. The zero-order valence-electron chi connectivity index (χ0n) is 10.4. The van der Waals surface area contributed by atoms with E-state index in [1.165, 1.54) is 6.42 Å². The van der Waals surface area contributed by atoms with E-state index in [0.717, 1.165) is 32.7 Å². The fourth-order valence-corrected chi connectivity index (χ4v) is 2.05. The van der Waals surface area contributed by atoms with Crippen LogP contribution in [0.3, 0.4) is 0 Å². The number of nitrogens with one attached hydrogen (secondary N) is 1. The average molecular weight is 214 g/mol. The molecule has 1 fully saturated rings. The monoisotopic (exact) mass is 214 g/mol. The molecule has 0 amide bonds. The molecule has 0 aliphatic carbocycles. The third-order valence-corrected chi connectivity index (χ3v) is 3.31. The second-order valence-electron chi connectivity index (χ2n) is 5.37. The van der Waals surface area contributed by atoms with E-state index < -0.39 is 0 Å². The fourth-order valence-electron chi connectivity index (χ4n) is 2.05. The van der Waals surface area contributed by atoms with Crippen LogP contribution in [-0.2, 0) is 4.74 Å². The van der Waals surface area contributed by atoms with E-state index in [1.807, 2.05) is 0 Å². The van der Waals surface area contributed by atoms with E-state index in [2.05, 4.69) is 26.1 Å². The Kier molecular flexibility index (Phi) is 5.03. The summed E-state index contributed by atoms with van der Waals surface area (Å²) in [6.45, 7) is 10.3. The Morgan fingerprint density at radius 1 is 1.47 bits per heavy atom. The predicted octanol–water partition coefficient (Wildman–Crippen LogP) is 1.38. The van der Waals surface area contributed by atoms with Crippen LogP contribution in [0.5, 0.6) is 0 Å². The molecular formula is C12H26N2O. The lowest BCUT2D eigenvalue weighted by Gasteiger charge is -2.25. The van der Waals surface area contributed by atoms with Gasteiger partial charge in [-0.25, -0.2) is 0 Å². The molecule has 3 nitrogen and oxygen atoms in total. The molecule has 0 spiro atoms. The Morgan fingerprint density at radius 3 is 2.80 bits per heavy atom. The molecule has 0 radical (unpaired) electrons. The highest BCUT2D eigenvalue weighted by Crippen LogP contribution is 2.22. The SMILES string of the molecule is CCC1OCCC1CNCC(C)(C)CN. The van der Waals surface area contributed by atoms with Gasteiger partial charge in [-0.3, -0.25) is 0 Å². The highest BCUT2D eigenvalue weighted by molar-refractivity contribution is 4.79. The van der Waals surface area contributed by atoms with Crippen molar-refractivity contribution in [1.82, 2.24) is 5.32 Å². The summed E-state index contributed by atoms with van der Waals surface area (Å²) in [4.78, 5) is 0. The van der Waals surface area contributed by atoms with Crippen molar-refractivity contribution in [3.63, 3.8) is 0 Å². The molecule has 2 atom stereocenters. The first-order valence-corrected chi connectivity index (χ1v) is 6.11. The lowest BCUT2D eigenvalue weighted by molar-refractivity contribution is 0.0867. The van der Waals surface area contributed by atoms with E-state index in [-0.39, 0.29) is 5.41 Å². The standard InChI is InChI=1S/C12H26N2O/c1-4-11-10(5-6-15-11)7-14-9-12(2,3)8-13/h10-11,14H,4-9,13H2,1-3H3. The summed E-state index contributed by atoms with van der Waals surface area (Å²) in [5, 5.41) is 3.52. The van der Waals surface area contributed by atoms with Crippen molar-refractivity contribution in [3.8, 4) is 0 Å². The van der Waals surface area contributed by atoms with Crippen LogP contribution in [0.4, 0.5) is 0 Å². The third kappa shape index (κ3) is 4.09. The summed E-state index contributed by atoms with van der Waals surface area (Å²) in [6, 6.07) is 0. The van der Waals surface area contributed by atoms with E-state index in [4.69, 9.17) is 10.5 Å². The second kappa shape index (κ2) is 5.83. The quantitative estimate of drug-likeness (QED) is 0.702. The highest BCUT2D eigenvalue weighted by Gasteiger charge is 2.26. The molecule has 90 valence electrons. The van der Waals surface area contributed by atoms with Gasteiger partial charge < -0.3 is 15.8 Å². The van der Waals surface area contributed by atoms with Gasteiger partial charge in [0.15, 0.2) is 0 Å². The smallest absolute Gasteiger partial charge is 0.0613 e. The zero-order chi connectivity index (χ0) is 11.3. The summed E-state index contributed by atoms with van der Waals surface area (Å²) in [7, 11) is 0. The van der Waals surface area contributed by atoms with Crippen LogP contribution in [-0.4, -0.2) is 32.3 Å². The Bertz CT molecular complexity index is 182. The Morgan fingerprint density at radius 2 is 2.20 bits per heavy atom. The van der Waals surface area contributed by atoms with Crippen molar-refractivity contribution in [2.45, 2.75) is 39.7 Å². The molecular weight excluding hydrogens is 188 g/mol. The molecule has 3 heteroatoms. The van der Waals surface area contributed by atoms with Gasteiger partial charge in [-0.15, -0.1) is 0 Å². The van der Waals surface area contributed by atoms with Crippen LogP contribution in [0, 0.1) is 11.3 Å². The predicted molar refractivity (Wildman–Crippen MR) is 63.8 cm³/mol. The summed E-state index contributed by atoms with van der Waals surface area (Å²) in [5.74, 6) is 0.698. The zero-order valence-corrected chi connectivity index (χ0v) is 10.4. The van der Waals surface area contributed by atoms with Gasteiger partial charge in [-0.2, -0.15) is 0 Å². The lowest BCUT2D eigenvalue weighted by atomic mass is 9.93. The molecule has 0 saturated carbocycles. The van der Waals surface area contributed by atoms with Crippen LogP contribution in [0.15, 0.2) is 0 Å². The Labute approximate surface area is 93.8 Å². The molecule has 1 rings (SSSR count). The van der Waals surface area contributed by atoms with Gasteiger partial charge in [0.2, 0.25) is 0 Å². The van der Waals surface area contributed by atoms with E-state index in [1.54, 1.807) is 0 Å². The van der Waals surface area contributed by atoms with Gasteiger partial charge in [-0.1, -0.05) is 20.8 Å². The largest absolute Gasteiger partial charge is 0.378 e. The molecule has 0 bridgehead atoms. The third-order valence-electron chi connectivity index (χ3n) is 3.31. The maximum Gasteiger partial charge on any atom is 0.0613 e. The van der Waals surface area contributed by atoms with Crippen LogP contribution < -0.4 is 11.1 Å². The van der Waals surface area contributed by atoms with Crippen LogP contribution in [0.2, 0.25) is 0 Å². The molecule has 1 aliphatic heterocycles. The van der Waals surface area contributed by atoms with Crippen molar-refractivity contribution in [1.29, 1.82) is 0 Å². The first kappa shape index (κ1) is 12.9. The van der Waals surface area contributed by atoms with Crippen LogP contribution in [0.1, 0.15) is 33.6 Å². The van der Waals surface area contributed by atoms with Gasteiger partial charge in [0.1, 0.15) is 0 Å². The van der Waals surface area contributed by atoms with E-state index in [0.29, 0.717) is 12.0 Å². The van der Waals surface area contributed by atoms with Crippen LogP contribution >= 0.6 is 0 Å². The number of hydrogen-bond acceptors (Lipinski definition) is 3. The summed E-state index contributed by atoms with van der Waals surface area (Å²) in [5.41, 5.74) is 5.90. The fraction of sp³-hybridized carbons (Fsp3) is 1.00. The molecule has 0 aromatic rings. The van der Waals surface area contributed by atoms with Crippen molar-refractivity contribution >= 4 is 0 Å². The van der Waals surface area contributed by atoms with E-state index in [9.17, 15) is 0 Å². The molecule has 3 N–H and O–H groups in total. The van der Waals surface area contributed by atoms with E-state index >= 15 is 0 Å². The number of ether oxygens (including phenoxy) is 1. The minimum Gasteiger partial charge on any atom is -0.378 e. The summed E-state index contributed by atoms with van der Waals surface area (Å²) in [6.07, 6.45) is 2.81. The molecule has 2 unspecified atom stereocenters. The second-order valence-corrected chi connectivity index (χ2v) is 5.37. The highest BCUT2D eigenvalue weighted by atomic mass is 16.5. The first-order valence-electron chi connectivity index (χ1n) is 6.11. The average Bonchev–Trinajstić information content (AvgIpc) is 2.65. The van der Waals surface area contributed by atoms with Gasteiger partial charge in [0.05, 0.1) is 6.10 Å². The van der Waals surface area contributed by atoms with Crippen molar-refractivity contribution in [2.75, 3.05) is 26.2 Å². The number of rotatable bonds is 6. The van der Waals surface area contributed by atoms with Gasteiger partial charge in [0, 0.05) is 19.7 Å². The van der Waals surface area contributed by atoms with Crippen molar-refractivity contribution < 1.29 is 4.74 Å². The Balaban J connectivity index is 2.19. The van der Waals surface area contributed by atoms with Crippen LogP contribution in [0.25, 0.3) is 0 Å². The Hall–Kier alpha value is -0.120. The number of hydrogen-bond donors (Lipinski definition) is 2.